The summed E-state index contributed by atoms with van der Waals surface area (Å²) in [5.41, 5.74) is 2.42. The first-order valence-electron chi connectivity index (χ1n) is 7.26. The maximum absolute atomic E-state index is 12.7. The lowest BCUT2D eigenvalue weighted by atomic mass is 10.1. The maximum Gasteiger partial charge on any atom is 0.257 e. The zero-order valence-corrected chi connectivity index (χ0v) is 14.6. The van der Waals surface area contributed by atoms with Gasteiger partial charge in [0.2, 0.25) is 5.91 Å². The monoisotopic (exact) mass is 360 g/mol. The van der Waals surface area contributed by atoms with Crippen LogP contribution in [0.15, 0.2) is 42.6 Å². The summed E-state index contributed by atoms with van der Waals surface area (Å²) in [6.45, 7) is 3.27. The molecule has 0 radical (unpaired) electrons. The summed E-state index contributed by atoms with van der Waals surface area (Å²) in [6, 6.07) is 10.4. The van der Waals surface area contributed by atoms with E-state index >= 15 is 0 Å². The van der Waals surface area contributed by atoms with Crippen molar-refractivity contribution < 1.29 is 9.59 Å². The van der Waals surface area contributed by atoms with E-state index in [1.54, 1.807) is 36.4 Å². The van der Waals surface area contributed by atoms with Gasteiger partial charge in [-0.15, -0.1) is 0 Å². The third-order valence-electron chi connectivity index (χ3n) is 3.87. The molecule has 1 heterocycles. The van der Waals surface area contributed by atoms with Gasteiger partial charge in [-0.25, -0.2) is 0 Å². The van der Waals surface area contributed by atoms with Crippen LogP contribution in [0.2, 0.25) is 10.0 Å². The number of benzene rings is 2. The fourth-order valence-electron chi connectivity index (χ4n) is 2.58. The fourth-order valence-corrected chi connectivity index (χ4v) is 2.92. The topological polar surface area (TPSA) is 51.1 Å². The van der Waals surface area contributed by atoms with Crippen molar-refractivity contribution in [1.29, 1.82) is 0 Å². The first-order chi connectivity index (χ1) is 11.4. The minimum Gasteiger partial charge on any atom is -0.322 e. The van der Waals surface area contributed by atoms with Crippen molar-refractivity contribution in [1.82, 2.24) is 4.57 Å². The van der Waals surface area contributed by atoms with Crippen LogP contribution in [-0.2, 0) is 0 Å². The molecule has 1 aromatic heterocycles. The van der Waals surface area contributed by atoms with Crippen LogP contribution in [-0.4, -0.2) is 16.4 Å². The summed E-state index contributed by atoms with van der Waals surface area (Å²) >= 11 is 12.1. The molecule has 0 aliphatic rings. The van der Waals surface area contributed by atoms with Gasteiger partial charge < -0.3 is 5.32 Å². The number of hydrogen-bond acceptors (Lipinski definition) is 2. The number of hydrogen-bond donors (Lipinski definition) is 1. The zero-order chi connectivity index (χ0) is 17.4. The summed E-state index contributed by atoms with van der Waals surface area (Å²) in [7, 11) is 0. The number of nitrogens with zero attached hydrogens (tertiary/aromatic N) is 1. The van der Waals surface area contributed by atoms with E-state index in [0.29, 0.717) is 32.2 Å². The molecule has 122 valence electrons. The van der Waals surface area contributed by atoms with Gasteiger partial charge in [-0.2, -0.15) is 0 Å². The predicted molar refractivity (Wildman–Crippen MR) is 97.4 cm³/mol. The Kier molecular flexibility index (Phi) is 4.35. The highest BCUT2D eigenvalue weighted by Crippen LogP contribution is 2.27. The molecule has 0 bridgehead atoms. The molecule has 0 spiro atoms. The Morgan fingerprint density at radius 3 is 2.58 bits per heavy atom. The van der Waals surface area contributed by atoms with E-state index in [-0.39, 0.29) is 11.8 Å². The van der Waals surface area contributed by atoms with Gasteiger partial charge in [-0.05, 0) is 42.8 Å². The number of carbonyl (C=O) groups is 2. The lowest BCUT2D eigenvalue weighted by Crippen LogP contribution is -2.13. The van der Waals surface area contributed by atoms with Gasteiger partial charge in [0, 0.05) is 34.2 Å². The molecule has 3 aromatic rings. The molecule has 0 aliphatic carbocycles. The SMILES string of the molecule is CC(=O)n1cc(C(=O)Nc2cccc(Cl)c2C)c2cc(Cl)ccc21. The molecular formula is C18H14Cl2N2O2. The van der Waals surface area contributed by atoms with Crippen LogP contribution >= 0.6 is 23.2 Å². The average molecular weight is 361 g/mol. The summed E-state index contributed by atoms with van der Waals surface area (Å²) in [5.74, 6) is -0.507. The third-order valence-corrected chi connectivity index (χ3v) is 4.51. The van der Waals surface area contributed by atoms with Crippen LogP contribution < -0.4 is 5.32 Å². The van der Waals surface area contributed by atoms with Crippen LogP contribution in [0.25, 0.3) is 10.9 Å². The number of anilines is 1. The molecule has 0 aliphatic heterocycles. The number of carbonyl (C=O) groups excluding carboxylic acids is 2. The van der Waals surface area contributed by atoms with Crippen molar-refractivity contribution in [2.75, 3.05) is 5.32 Å². The number of fused-ring (bicyclic) bond motifs is 1. The van der Waals surface area contributed by atoms with E-state index in [9.17, 15) is 9.59 Å². The largest absolute Gasteiger partial charge is 0.322 e. The average Bonchev–Trinajstić information content (AvgIpc) is 2.90. The van der Waals surface area contributed by atoms with Crippen molar-refractivity contribution >= 4 is 51.6 Å². The molecule has 1 N–H and O–H groups in total. The van der Waals surface area contributed by atoms with Gasteiger partial charge in [0.25, 0.3) is 5.91 Å². The van der Waals surface area contributed by atoms with Crippen LogP contribution in [0.5, 0.6) is 0 Å². The summed E-state index contributed by atoms with van der Waals surface area (Å²) < 4.78 is 1.44. The summed E-state index contributed by atoms with van der Waals surface area (Å²) in [6.07, 6.45) is 1.53. The Hall–Kier alpha value is -2.30. The number of rotatable bonds is 2. The number of nitrogens with one attached hydrogen (secondary N) is 1. The quantitative estimate of drug-likeness (QED) is 0.685. The molecule has 3 rings (SSSR count). The number of amides is 1. The lowest BCUT2D eigenvalue weighted by Gasteiger charge is -2.09. The molecule has 1 amide bonds. The van der Waals surface area contributed by atoms with E-state index in [4.69, 9.17) is 23.2 Å². The summed E-state index contributed by atoms with van der Waals surface area (Å²) in [5, 5.41) is 4.53. The van der Waals surface area contributed by atoms with Gasteiger partial charge in [-0.3, -0.25) is 14.2 Å². The number of halogens is 2. The van der Waals surface area contributed by atoms with E-state index in [1.807, 2.05) is 6.92 Å². The number of aromatic nitrogens is 1. The Morgan fingerprint density at radius 2 is 1.88 bits per heavy atom. The lowest BCUT2D eigenvalue weighted by molar-refractivity contribution is 0.0941. The minimum absolute atomic E-state index is 0.180. The first kappa shape index (κ1) is 16.6. The second kappa shape index (κ2) is 6.30. The van der Waals surface area contributed by atoms with Crippen molar-refractivity contribution in [3.63, 3.8) is 0 Å². The highest BCUT2D eigenvalue weighted by atomic mass is 35.5. The molecule has 0 unspecified atom stereocenters. The molecule has 0 fully saturated rings. The van der Waals surface area contributed by atoms with Crippen molar-refractivity contribution in [3.8, 4) is 0 Å². The van der Waals surface area contributed by atoms with Gasteiger partial charge in [0.05, 0.1) is 11.1 Å². The van der Waals surface area contributed by atoms with E-state index in [1.165, 1.54) is 17.7 Å². The highest BCUT2D eigenvalue weighted by molar-refractivity contribution is 6.32. The predicted octanol–water partition coefficient (Wildman–Crippen LogP) is 5.17. The van der Waals surface area contributed by atoms with Gasteiger partial charge in [-0.1, -0.05) is 29.3 Å². The molecule has 0 atom stereocenters. The Balaban J connectivity index is 2.08. The highest BCUT2D eigenvalue weighted by Gasteiger charge is 2.18. The van der Waals surface area contributed by atoms with Gasteiger partial charge in [0.15, 0.2) is 0 Å². The molecule has 4 nitrogen and oxygen atoms in total. The van der Waals surface area contributed by atoms with Crippen LogP contribution in [0.4, 0.5) is 5.69 Å². The van der Waals surface area contributed by atoms with Crippen LogP contribution in [0.3, 0.4) is 0 Å². The van der Waals surface area contributed by atoms with Crippen LogP contribution in [0.1, 0.15) is 27.6 Å². The van der Waals surface area contributed by atoms with Gasteiger partial charge >= 0.3 is 0 Å². The van der Waals surface area contributed by atoms with E-state index in [2.05, 4.69) is 5.32 Å². The Bertz CT molecular complexity index is 977. The van der Waals surface area contributed by atoms with Crippen molar-refractivity contribution in [3.05, 3.63) is 63.8 Å². The third kappa shape index (κ3) is 2.90. The smallest absolute Gasteiger partial charge is 0.257 e. The van der Waals surface area contributed by atoms with E-state index in [0.717, 1.165) is 5.56 Å². The Morgan fingerprint density at radius 1 is 1.12 bits per heavy atom. The van der Waals surface area contributed by atoms with Crippen LogP contribution in [0, 0.1) is 6.92 Å². The van der Waals surface area contributed by atoms with Crippen molar-refractivity contribution in [2.24, 2.45) is 0 Å². The molecule has 24 heavy (non-hydrogen) atoms. The fraction of sp³-hybridized carbons (Fsp3) is 0.111. The van der Waals surface area contributed by atoms with Crippen molar-refractivity contribution in [2.45, 2.75) is 13.8 Å². The molecule has 0 saturated heterocycles. The van der Waals surface area contributed by atoms with Gasteiger partial charge in [0.1, 0.15) is 0 Å². The minimum atomic E-state index is -0.326. The molecule has 0 saturated carbocycles. The molecule has 2 aromatic carbocycles. The first-order valence-corrected chi connectivity index (χ1v) is 8.02. The second-order valence-electron chi connectivity index (χ2n) is 5.46. The maximum atomic E-state index is 12.7. The standard InChI is InChI=1S/C18H14Cl2N2O2/c1-10-15(20)4-3-5-16(10)21-18(24)14-9-22(11(2)23)17-7-6-12(19)8-13(14)17/h3-9H,1-2H3,(H,21,24). The summed E-state index contributed by atoms with van der Waals surface area (Å²) in [4.78, 5) is 24.5. The second-order valence-corrected chi connectivity index (χ2v) is 6.30. The Labute approximate surface area is 149 Å². The molecule has 6 heteroatoms. The van der Waals surface area contributed by atoms with E-state index < -0.39 is 0 Å². The molecular weight excluding hydrogens is 347 g/mol. The normalized spacial score (nSPS) is 10.8. The zero-order valence-electron chi connectivity index (χ0n) is 13.1.